The topological polar surface area (TPSA) is 86.3 Å². The molecule has 0 saturated carbocycles. The molecule has 0 unspecified atom stereocenters. The van der Waals surface area contributed by atoms with E-state index in [4.69, 9.17) is 18.9 Å². The number of methoxy groups -OCH3 is 3. The summed E-state index contributed by atoms with van der Waals surface area (Å²) >= 11 is 0. The molecule has 8 heteroatoms. The van der Waals surface area contributed by atoms with E-state index in [0.29, 0.717) is 54.7 Å². The fourth-order valence-electron chi connectivity index (χ4n) is 3.13. The average molecular weight is 426 g/mol. The second kappa shape index (κ2) is 10.5. The maximum atomic E-state index is 13.2. The molecular weight excluding hydrogens is 400 g/mol. The van der Waals surface area contributed by atoms with Crippen molar-refractivity contribution in [2.24, 2.45) is 0 Å². The molecule has 164 valence electrons. The lowest BCUT2D eigenvalue weighted by molar-refractivity contribution is -0.131. The molecule has 0 radical (unpaired) electrons. The Hall–Kier alpha value is -3.52. The van der Waals surface area contributed by atoms with E-state index in [1.807, 2.05) is 0 Å². The largest absolute Gasteiger partial charge is 0.497 e. The van der Waals surface area contributed by atoms with Crippen LogP contribution in [-0.2, 0) is 9.53 Å². The van der Waals surface area contributed by atoms with Gasteiger partial charge in [0.2, 0.25) is 0 Å². The van der Waals surface area contributed by atoms with Gasteiger partial charge >= 0.3 is 0 Å². The fraction of sp³-hybridized carbons (Fsp3) is 0.304. The van der Waals surface area contributed by atoms with Crippen LogP contribution >= 0.6 is 0 Å². The summed E-state index contributed by atoms with van der Waals surface area (Å²) in [4.78, 5) is 27.6. The number of hydrogen-bond acceptors (Lipinski definition) is 6. The van der Waals surface area contributed by atoms with Crippen LogP contribution in [0, 0.1) is 0 Å². The highest BCUT2D eigenvalue weighted by atomic mass is 16.5. The van der Waals surface area contributed by atoms with Gasteiger partial charge in [-0.25, -0.2) is 0 Å². The molecule has 1 heterocycles. The zero-order valence-electron chi connectivity index (χ0n) is 17.8. The summed E-state index contributed by atoms with van der Waals surface area (Å²) in [6.45, 7) is 1.84. The normalized spacial score (nSPS) is 14.0. The third-order valence-corrected chi connectivity index (χ3v) is 4.85. The van der Waals surface area contributed by atoms with Crippen LogP contribution in [0.5, 0.6) is 17.2 Å². The molecule has 1 N–H and O–H groups in total. The van der Waals surface area contributed by atoms with Gasteiger partial charge in [0.05, 0.1) is 34.5 Å². The summed E-state index contributed by atoms with van der Waals surface area (Å²) in [7, 11) is 4.65. The first-order chi connectivity index (χ1) is 15.0. The van der Waals surface area contributed by atoms with E-state index in [2.05, 4.69) is 5.32 Å². The molecule has 3 rings (SSSR count). The number of benzene rings is 2. The summed E-state index contributed by atoms with van der Waals surface area (Å²) in [6.07, 6.45) is 1.63. The van der Waals surface area contributed by atoms with Gasteiger partial charge in [-0.3, -0.25) is 9.59 Å². The molecule has 1 saturated heterocycles. The summed E-state index contributed by atoms with van der Waals surface area (Å²) in [5.41, 5.74) is 1.26. The number of hydrogen-bond donors (Lipinski definition) is 1. The van der Waals surface area contributed by atoms with E-state index in [-0.39, 0.29) is 11.6 Å². The molecule has 0 aliphatic carbocycles. The van der Waals surface area contributed by atoms with Crippen molar-refractivity contribution in [2.45, 2.75) is 0 Å². The standard InChI is InChI=1S/C23H26N2O6/c1-28-18-7-5-17(6-8-18)22(26)24-19(23(27)25-10-12-31-13-11-25)14-16-4-9-20(29-2)21(15-16)30-3/h4-9,14-15H,10-13H2,1-3H3,(H,24,26). The third-order valence-electron chi connectivity index (χ3n) is 4.85. The van der Waals surface area contributed by atoms with Crippen molar-refractivity contribution in [3.05, 3.63) is 59.3 Å². The quantitative estimate of drug-likeness (QED) is 0.684. The lowest BCUT2D eigenvalue weighted by Gasteiger charge is -2.28. The highest BCUT2D eigenvalue weighted by Crippen LogP contribution is 2.28. The van der Waals surface area contributed by atoms with Crippen molar-refractivity contribution in [3.8, 4) is 17.2 Å². The highest BCUT2D eigenvalue weighted by Gasteiger charge is 2.23. The van der Waals surface area contributed by atoms with Crippen LogP contribution in [0.15, 0.2) is 48.2 Å². The number of morpholine rings is 1. The smallest absolute Gasteiger partial charge is 0.270 e. The Labute approximate surface area is 181 Å². The van der Waals surface area contributed by atoms with Gasteiger partial charge < -0.3 is 29.2 Å². The van der Waals surface area contributed by atoms with E-state index in [1.165, 1.54) is 7.11 Å². The van der Waals surface area contributed by atoms with Crippen LogP contribution in [0.25, 0.3) is 6.08 Å². The molecule has 1 aliphatic heterocycles. The van der Waals surface area contributed by atoms with Crippen LogP contribution < -0.4 is 19.5 Å². The van der Waals surface area contributed by atoms with E-state index >= 15 is 0 Å². The average Bonchev–Trinajstić information content (AvgIpc) is 2.83. The van der Waals surface area contributed by atoms with E-state index in [0.717, 1.165) is 0 Å². The van der Waals surface area contributed by atoms with Crippen molar-refractivity contribution in [3.63, 3.8) is 0 Å². The van der Waals surface area contributed by atoms with Crippen molar-refractivity contribution in [1.29, 1.82) is 0 Å². The zero-order chi connectivity index (χ0) is 22.2. The number of ether oxygens (including phenoxy) is 4. The van der Waals surface area contributed by atoms with Crippen molar-refractivity contribution < 1.29 is 28.5 Å². The molecule has 1 aliphatic rings. The zero-order valence-corrected chi connectivity index (χ0v) is 17.8. The van der Waals surface area contributed by atoms with Crippen molar-refractivity contribution in [1.82, 2.24) is 10.2 Å². The minimum absolute atomic E-state index is 0.162. The van der Waals surface area contributed by atoms with E-state index in [9.17, 15) is 9.59 Å². The summed E-state index contributed by atoms with van der Waals surface area (Å²) in [6, 6.07) is 11.9. The van der Waals surface area contributed by atoms with Gasteiger partial charge in [-0.1, -0.05) is 6.07 Å². The highest BCUT2D eigenvalue weighted by molar-refractivity contribution is 6.05. The van der Waals surface area contributed by atoms with E-state index < -0.39 is 5.91 Å². The maximum Gasteiger partial charge on any atom is 0.270 e. The molecule has 2 aromatic carbocycles. The predicted octanol–water partition coefficient (Wildman–Crippen LogP) is 2.34. The Balaban J connectivity index is 1.91. The Kier molecular flexibility index (Phi) is 7.50. The Morgan fingerprint density at radius 2 is 1.61 bits per heavy atom. The predicted molar refractivity (Wildman–Crippen MR) is 115 cm³/mol. The first-order valence-electron chi connectivity index (χ1n) is 9.82. The van der Waals surface area contributed by atoms with Crippen LogP contribution in [0.4, 0.5) is 0 Å². The number of carbonyl (C=O) groups excluding carboxylic acids is 2. The Morgan fingerprint density at radius 1 is 0.935 bits per heavy atom. The van der Waals surface area contributed by atoms with Crippen LogP contribution in [0.2, 0.25) is 0 Å². The van der Waals surface area contributed by atoms with Gasteiger partial charge in [-0.05, 0) is 48.0 Å². The molecule has 0 aromatic heterocycles. The molecule has 0 atom stereocenters. The van der Waals surface area contributed by atoms with Gasteiger partial charge in [0.1, 0.15) is 11.4 Å². The van der Waals surface area contributed by atoms with Gasteiger partial charge in [-0.15, -0.1) is 0 Å². The molecule has 1 fully saturated rings. The van der Waals surface area contributed by atoms with Crippen LogP contribution in [0.3, 0.4) is 0 Å². The molecule has 2 amide bonds. The molecule has 2 aromatic rings. The van der Waals surface area contributed by atoms with Gasteiger partial charge in [0.15, 0.2) is 11.5 Å². The summed E-state index contributed by atoms with van der Waals surface area (Å²) < 4.78 is 21.1. The SMILES string of the molecule is COc1ccc(C(=O)NC(=Cc2ccc(OC)c(OC)c2)C(=O)N2CCOCC2)cc1. The number of amides is 2. The minimum Gasteiger partial charge on any atom is -0.497 e. The minimum atomic E-state index is -0.393. The fourth-order valence-corrected chi connectivity index (χ4v) is 3.13. The molecule has 31 heavy (non-hydrogen) atoms. The van der Waals surface area contributed by atoms with Crippen molar-refractivity contribution >= 4 is 17.9 Å². The number of rotatable bonds is 7. The lowest BCUT2D eigenvalue weighted by atomic mass is 10.1. The van der Waals surface area contributed by atoms with Gasteiger partial charge in [0, 0.05) is 18.7 Å². The number of nitrogens with one attached hydrogen (secondary N) is 1. The lowest BCUT2D eigenvalue weighted by Crippen LogP contribution is -2.44. The first kappa shape index (κ1) is 22.2. The second-order valence-corrected chi connectivity index (χ2v) is 6.76. The van der Waals surface area contributed by atoms with Gasteiger partial charge in [-0.2, -0.15) is 0 Å². The Bertz CT molecular complexity index is 949. The monoisotopic (exact) mass is 426 g/mol. The van der Waals surface area contributed by atoms with Crippen molar-refractivity contribution in [2.75, 3.05) is 47.6 Å². The first-order valence-corrected chi connectivity index (χ1v) is 9.82. The third kappa shape index (κ3) is 5.55. The molecular formula is C23H26N2O6. The second-order valence-electron chi connectivity index (χ2n) is 6.76. The van der Waals surface area contributed by atoms with Crippen LogP contribution in [0.1, 0.15) is 15.9 Å². The molecule has 0 bridgehead atoms. The van der Waals surface area contributed by atoms with Crippen LogP contribution in [-0.4, -0.2) is 64.3 Å². The molecule has 8 nitrogen and oxygen atoms in total. The summed E-state index contributed by atoms with van der Waals surface area (Å²) in [5.74, 6) is 1.07. The summed E-state index contributed by atoms with van der Waals surface area (Å²) in [5, 5.41) is 2.76. The number of nitrogens with zero attached hydrogens (tertiary/aromatic N) is 1. The Morgan fingerprint density at radius 3 is 2.23 bits per heavy atom. The number of carbonyl (C=O) groups is 2. The van der Waals surface area contributed by atoms with E-state index in [1.54, 1.807) is 67.7 Å². The molecule has 0 spiro atoms. The maximum absolute atomic E-state index is 13.2. The van der Waals surface area contributed by atoms with Gasteiger partial charge in [0.25, 0.3) is 11.8 Å².